The molecular weight excluding hydrogens is 236 g/mol. The molecule has 0 aromatic heterocycles. The second kappa shape index (κ2) is 5.80. The van der Waals surface area contributed by atoms with Gasteiger partial charge in [-0.25, -0.2) is 13.1 Å². The fraction of sp³-hybridized carbons (Fsp3) is 0.750. The molecule has 0 aromatic rings. The summed E-state index contributed by atoms with van der Waals surface area (Å²) < 4.78 is 24.8. The summed E-state index contributed by atoms with van der Waals surface area (Å²) in [5.41, 5.74) is 0. The van der Waals surface area contributed by atoms with Crippen LogP contribution in [-0.2, 0) is 19.6 Å². The summed E-state index contributed by atoms with van der Waals surface area (Å²) in [6.45, 7) is 1.40. The smallest absolute Gasteiger partial charge is 0.304 e. The van der Waals surface area contributed by atoms with Gasteiger partial charge in [-0.3, -0.25) is 9.59 Å². The molecule has 1 amide bonds. The maximum Gasteiger partial charge on any atom is 0.304 e. The maximum atomic E-state index is 11.3. The maximum absolute atomic E-state index is 11.3. The monoisotopic (exact) mass is 252 g/mol. The van der Waals surface area contributed by atoms with Gasteiger partial charge in [-0.1, -0.05) is 0 Å². The minimum atomic E-state index is -3.73. The molecule has 0 spiro atoms. The van der Waals surface area contributed by atoms with Crippen LogP contribution in [-0.4, -0.2) is 56.2 Å². The Labute approximate surface area is 94.5 Å². The Morgan fingerprint density at radius 2 is 1.88 bits per heavy atom. The molecular formula is C8H16N2O5S. The van der Waals surface area contributed by atoms with Gasteiger partial charge in [0, 0.05) is 14.1 Å². The Kier molecular flexibility index (Phi) is 5.39. The van der Waals surface area contributed by atoms with Crippen LogP contribution < -0.4 is 4.72 Å². The molecule has 0 rings (SSSR count). The van der Waals surface area contributed by atoms with E-state index in [0.717, 1.165) is 0 Å². The number of carbonyl (C=O) groups is 2. The van der Waals surface area contributed by atoms with Crippen LogP contribution in [0.5, 0.6) is 0 Å². The summed E-state index contributed by atoms with van der Waals surface area (Å²) in [6, 6.07) is -0.895. The summed E-state index contributed by atoms with van der Waals surface area (Å²) >= 11 is 0. The van der Waals surface area contributed by atoms with Gasteiger partial charge in [0.2, 0.25) is 15.9 Å². The number of hydrogen-bond acceptors (Lipinski definition) is 4. The van der Waals surface area contributed by atoms with Crippen molar-refractivity contribution >= 4 is 21.9 Å². The molecule has 0 saturated heterocycles. The molecule has 0 aliphatic carbocycles. The molecule has 0 aliphatic rings. The van der Waals surface area contributed by atoms with Crippen LogP contribution in [0.4, 0.5) is 0 Å². The van der Waals surface area contributed by atoms with E-state index < -0.39 is 34.2 Å². The van der Waals surface area contributed by atoms with Crippen LogP contribution >= 0.6 is 0 Å². The first-order valence-corrected chi connectivity index (χ1v) is 6.24. The largest absolute Gasteiger partial charge is 0.481 e. The fourth-order valence-corrected chi connectivity index (χ4v) is 2.19. The Hall–Kier alpha value is -1.15. The molecule has 0 fully saturated rings. The highest BCUT2D eigenvalue weighted by molar-refractivity contribution is 7.89. The van der Waals surface area contributed by atoms with Crippen molar-refractivity contribution in [2.75, 3.05) is 19.8 Å². The molecule has 0 aliphatic heterocycles. The predicted molar refractivity (Wildman–Crippen MR) is 57.3 cm³/mol. The fourth-order valence-electron chi connectivity index (χ4n) is 0.988. The van der Waals surface area contributed by atoms with E-state index in [-0.39, 0.29) is 5.91 Å². The van der Waals surface area contributed by atoms with Gasteiger partial charge in [-0.05, 0) is 6.92 Å². The number of aliphatic carboxylic acids is 1. The zero-order valence-corrected chi connectivity index (χ0v) is 10.2. The van der Waals surface area contributed by atoms with Crippen molar-refractivity contribution < 1.29 is 23.1 Å². The Morgan fingerprint density at radius 1 is 1.38 bits per heavy atom. The first-order valence-electron chi connectivity index (χ1n) is 4.58. The van der Waals surface area contributed by atoms with E-state index in [2.05, 4.69) is 4.72 Å². The number of nitrogens with one attached hydrogen (secondary N) is 1. The van der Waals surface area contributed by atoms with E-state index in [0.29, 0.717) is 0 Å². The standard InChI is InChI=1S/C8H16N2O5S/c1-6(8(13)10(2)3)9-16(14,15)5-4-7(11)12/h6,9H,4-5H2,1-3H3,(H,11,12). The minimum absolute atomic E-state index is 0.390. The first kappa shape index (κ1) is 14.8. The minimum Gasteiger partial charge on any atom is -0.481 e. The van der Waals surface area contributed by atoms with E-state index >= 15 is 0 Å². The van der Waals surface area contributed by atoms with E-state index in [4.69, 9.17) is 5.11 Å². The van der Waals surface area contributed by atoms with Gasteiger partial charge < -0.3 is 10.0 Å². The van der Waals surface area contributed by atoms with Gasteiger partial charge in [0.05, 0.1) is 18.2 Å². The van der Waals surface area contributed by atoms with Crippen LogP contribution in [0.3, 0.4) is 0 Å². The first-order chi connectivity index (χ1) is 7.15. The lowest BCUT2D eigenvalue weighted by Gasteiger charge is -2.17. The lowest BCUT2D eigenvalue weighted by Crippen LogP contribution is -2.45. The normalized spacial score (nSPS) is 13.2. The molecule has 1 atom stereocenters. The SMILES string of the molecule is CC(NS(=O)(=O)CCC(=O)O)C(=O)N(C)C. The average Bonchev–Trinajstić information content (AvgIpc) is 2.12. The van der Waals surface area contributed by atoms with Gasteiger partial charge in [0.15, 0.2) is 0 Å². The molecule has 2 N–H and O–H groups in total. The third-order valence-electron chi connectivity index (χ3n) is 1.75. The Morgan fingerprint density at radius 3 is 2.25 bits per heavy atom. The molecule has 94 valence electrons. The van der Waals surface area contributed by atoms with E-state index in [9.17, 15) is 18.0 Å². The topological polar surface area (TPSA) is 104 Å². The molecule has 1 unspecified atom stereocenters. The van der Waals surface area contributed by atoms with Gasteiger partial charge in [-0.2, -0.15) is 0 Å². The van der Waals surface area contributed by atoms with Gasteiger partial charge in [-0.15, -0.1) is 0 Å². The van der Waals surface area contributed by atoms with E-state index in [1.807, 2.05) is 0 Å². The van der Waals surface area contributed by atoms with Crippen LogP contribution in [0.25, 0.3) is 0 Å². The summed E-state index contributed by atoms with van der Waals surface area (Å²) in [7, 11) is -0.724. The number of carboxylic acids is 1. The Balaban J connectivity index is 4.37. The number of hydrogen-bond donors (Lipinski definition) is 2. The summed E-state index contributed by atoms with van der Waals surface area (Å²) in [4.78, 5) is 22.8. The average molecular weight is 252 g/mol. The summed E-state index contributed by atoms with van der Waals surface area (Å²) in [5.74, 6) is -2.12. The van der Waals surface area contributed by atoms with Crippen molar-refractivity contribution in [1.29, 1.82) is 0 Å². The lowest BCUT2D eigenvalue weighted by atomic mass is 10.3. The van der Waals surface area contributed by atoms with Crippen molar-refractivity contribution in [1.82, 2.24) is 9.62 Å². The van der Waals surface area contributed by atoms with E-state index in [1.54, 1.807) is 0 Å². The molecule has 0 bridgehead atoms. The third kappa shape index (κ3) is 5.66. The Bertz CT molecular complexity index is 363. The number of rotatable bonds is 6. The number of carbonyl (C=O) groups excluding carboxylic acids is 1. The zero-order valence-electron chi connectivity index (χ0n) is 9.43. The molecule has 0 heterocycles. The van der Waals surface area contributed by atoms with Gasteiger partial charge >= 0.3 is 5.97 Å². The number of amides is 1. The number of likely N-dealkylation sites (N-methyl/N-ethyl adjacent to an activating group) is 1. The van der Waals surface area contributed by atoms with Crippen LogP contribution in [0.2, 0.25) is 0 Å². The van der Waals surface area contributed by atoms with Crippen molar-refractivity contribution in [2.24, 2.45) is 0 Å². The van der Waals surface area contributed by atoms with Crippen molar-refractivity contribution in [3.63, 3.8) is 0 Å². The summed E-state index contributed by atoms with van der Waals surface area (Å²) in [5, 5.41) is 8.34. The molecule has 8 heteroatoms. The van der Waals surface area contributed by atoms with Crippen LogP contribution in [0, 0.1) is 0 Å². The summed E-state index contributed by atoms with van der Waals surface area (Å²) in [6.07, 6.45) is -0.488. The highest BCUT2D eigenvalue weighted by Crippen LogP contribution is 1.95. The van der Waals surface area contributed by atoms with Gasteiger partial charge in [0.1, 0.15) is 0 Å². The number of carboxylic acid groups (broad SMARTS) is 1. The highest BCUT2D eigenvalue weighted by atomic mass is 32.2. The lowest BCUT2D eigenvalue weighted by molar-refractivity contribution is -0.136. The molecule has 7 nitrogen and oxygen atoms in total. The second-order valence-electron chi connectivity index (χ2n) is 3.53. The predicted octanol–water partition coefficient (Wildman–Crippen LogP) is -1.14. The van der Waals surface area contributed by atoms with Gasteiger partial charge in [0.25, 0.3) is 0 Å². The zero-order chi connectivity index (χ0) is 12.9. The van der Waals surface area contributed by atoms with Crippen LogP contribution in [0.1, 0.15) is 13.3 Å². The molecule has 0 saturated carbocycles. The number of nitrogens with zero attached hydrogens (tertiary/aromatic N) is 1. The number of sulfonamides is 1. The van der Waals surface area contributed by atoms with E-state index in [1.165, 1.54) is 25.9 Å². The van der Waals surface area contributed by atoms with Crippen LogP contribution in [0.15, 0.2) is 0 Å². The second-order valence-corrected chi connectivity index (χ2v) is 5.41. The third-order valence-corrected chi connectivity index (χ3v) is 3.21. The van der Waals surface area contributed by atoms with Crippen molar-refractivity contribution in [3.8, 4) is 0 Å². The van der Waals surface area contributed by atoms with Crippen molar-refractivity contribution in [2.45, 2.75) is 19.4 Å². The highest BCUT2D eigenvalue weighted by Gasteiger charge is 2.21. The molecule has 16 heavy (non-hydrogen) atoms. The molecule has 0 aromatic carbocycles. The molecule has 0 radical (unpaired) electrons. The van der Waals surface area contributed by atoms with Crippen molar-refractivity contribution in [3.05, 3.63) is 0 Å². The quantitative estimate of drug-likeness (QED) is 0.621.